The number of allylic oxidation sites excluding steroid dienone is 14. The number of esters is 2. The minimum Gasteiger partial charge on any atom is -0.544 e. The van der Waals surface area contributed by atoms with Crippen molar-refractivity contribution in [1.29, 1.82) is 0 Å². The van der Waals surface area contributed by atoms with Gasteiger partial charge in [0.05, 0.1) is 40.3 Å². The molecule has 0 fully saturated rings. The van der Waals surface area contributed by atoms with Crippen LogP contribution in [0.4, 0.5) is 0 Å². The monoisotopic (exact) mass is 768 g/mol. The molecular weight excluding hydrogens is 691 g/mol. The predicted octanol–water partition coefficient (Wildman–Crippen LogP) is 10.0. The summed E-state index contributed by atoms with van der Waals surface area (Å²) in [4.78, 5) is 36.7. The maximum Gasteiger partial charge on any atom is 0.306 e. The Morgan fingerprint density at radius 1 is 0.564 bits per heavy atom. The van der Waals surface area contributed by atoms with Crippen molar-refractivity contribution < 1.29 is 38.2 Å². The van der Waals surface area contributed by atoms with Gasteiger partial charge >= 0.3 is 11.9 Å². The first-order valence-electron chi connectivity index (χ1n) is 21.1. The van der Waals surface area contributed by atoms with Crippen molar-refractivity contribution >= 4 is 17.9 Å². The van der Waals surface area contributed by atoms with Crippen LogP contribution < -0.4 is 5.11 Å². The summed E-state index contributed by atoms with van der Waals surface area (Å²) in [5.41, 5.74) is 0. The number of carboxylic acids is 1. The topological polar surface area (TPSA) is 102 Å². The molecule has 2 atom stereocenters. The summed E-state index contributed by atoms with van der Waals surface area (Å²) in [5.74, 6) is -1.82. The average Bonchev–Trinajstić information content (AvgIpc) is 3.14. The maximum absolute atomic E-state index is 12.6. The highest BCUT2D eigenvalue weighted by atomic mass is 16.6. The molecule has 0 aromatic carbocycles. The Labute approximate surface area is 335 Å². The van der Waals surface area contributed by atoms with E-state index in [1.54, 1.807) is 21.1 Å². The third-order valence-electron chi connectivity index (χ3n) is 8.77. The lowest BCUT2D eigenvalue weighted by Crippen LogP contribution is -2.55. The Bertz CT molecular complexity index is 1170. The summed E-state index contributed by atoms with van der Waals surface area (Å²) < 4.78 is 17.0. The molecule has 0 aliphatic heterocycles. The zero-order valence-corrected chi connectivity index (χ0v) is 35.3. The smallest absolute Gasteiger partial charge is 0.306 e. The van der Waals surface area contributed by atoms with Gasteiger partial charge in [0, 0.05) is 19.3 Å². The number of hydrogen-bond acceptors (Lipinski definition) is 7. The standard InChI is InChI=1S/C47H77NO7/c1-6-8-10-12-14-16-18-19-20-21-22-23-24-25-26-27-28-30-31-33-35-37-45(49)54-42-43(41-53-40-39-44(47(51)52)48(3,4)5)55-46(50)38-36-34-32-29-17-15-13-11-9-7-2/h8,10,13-16,19-20,22-23,25-26,28,30,43-44H,6-7,9,11-12,17-18,21,24,27,29,31-42H2,1-5H3/b10-8+,15-13+,16-14+,20-19+,23-22+,26-25+,30-28+. The molecule has 0 bridgehead atoms. The maximum atomic E-state index is 12.6. The van der Waals surface area contributed by atoms with Crippen LogP contribution in [-0.4, -0.2) is 75.5 Å². The number of unbranched alkanes of at least 4 members (excludes halogenated alkanes) is 8. The molecule has 0 saturated heterocycles. The largest absolute Gasteiger partial charge is 0.544 e. The van der Waals surface area contributed by atoms with Gasteiger partial charge in [0.2, 0.25) is 0 Å². The van der Waals surface area contributed by atoms with Crippen molar-refractivity contribution in [1.82, 2.24) is 0 Å². The van der Waals surface area contributed by atoms with Crippen LogP contribution in [0.5, 0.6) is 0 Å². The molecule has 2 unspecified atom stereocenters. The lowest BCUT2D eigenvalue weighted by Gasteiger charge is -2.34. The number of carboxylic acid groups (broad SMARTS) is 1. The van der Waals surface area contributed by atoms with Gasteiger partial charge in [-0.3, -0.25) is 9.59 Å². The van der Waals surface area contributed by atoms with E-state index in [0.717, 1.165) is 89.9 Å². The van der Waals surface area contributed by atoms with Crippen molar-refractivity contribution in [2.24, 2.45) is 0 Å². The predicted molar refractivity (Wildman–Crippen MR) is 226 cm³/mol. The second-order valence-electron chi connectivity index (χ2n) is 14.8. The van der Waals surface area contributed by atoms with E-state index in [2.05, 4.69) is 98.9 Å². The molecule has 0 aliphatic carbocycles. The fourth-order valence-corrected chi connectivity index (χ4v) is 5.46. The first-order valence-corrected chi connectivity index (χ1v) is 21.1. The minimum absolute atomic E-state index is 0.0168. The number of quaternary nitrogens is 1. The summed E-state index contributed by atoms with van der Waals surface area (Å²) in [6, 6.07) is -0.737. The van der Waals surface area contributed by atoms with E-state index >= 15 is 0 Å². The molecule has 312 valence electrons. The molecule has 0 spiro atoms. The molecule has 0 rings (SSSR count). The lowest BCUT2D eigenvalue weighted by molar-refractivity contribution is -0.889. The molecule has 0 heterocycles. The van der Waals surface area contributed by atoms with Gasteiger partial charge in [-0.05, 0) is 83.5 Å². The summed E-state index contributed by atoms with van der Waals surface area (Å²) >= 11 is 0. The van der Waals surface area contributed by atoms with E-state index in [0.29, 0.717) is 12.8 Å². The van der Waals surface area contributed by atoms with Gasteiger partial charge in [0.1, 0.15) is 12.6 Å². The van der Waals surface area contributed by atoms with Crippen molar-refractivity contribution in [3.8, 4) is 0 Å². The van der Waals surface area contributed by atoms with Crippen LogP contribution in [0, 0.1) is 0 Å². The van der Waals surface area contributed by atoms with E-state index in [9.17, 15) is 19.5 Å². The number of hydrogen-bond donors (Lipinski definition) is 0. The number of carbonyl (C=O) groups is 3. The molecule has 0 amide bonds. The zero-order chi connectivity index (χ0) is 40.7. The van der Waals surface area contributed by atoms with Gasteiger partial charge in [-0.1, -0.05) is 125 Å². The first-order chi connectivity index (χ1) is 26.6. The Hall–Kier alpha value is -3.49. The SMILES string of the molecule is CC/C=C/C/C=C/C/C=C/C/C=C/C/C=C/C/C=C/CCCCC(=O)OCC(COCCC(C(=O)[O-])[N+](C)(C)C)OC(=O)CCCCCC/C=C/CCCC. The molecule has 0 aromatic heterocycles. The second-order valence-corrected chi connectivity index (χ2v) is 14.8. The molecule has 0 saturated carbocycles. The number of rotatable bonds is 36. The summed E-state index contributed by atoms with van der Waals surface area (Å²) in [6.45, 7) is 4.41. The zero-order valence-electron chi connectivity index (χ0n) is 35.3. The van der Waals surface area contributed by atoms with Gasteiger partial charge in [-0.2, -0.15) is 0 Å². The highest BCUT2D eigenvalue weighted by Crippen LogP contribution is 2.11. The van der Waals surface area contributed by atoms with Gasteiger partial charge in [0.25, 0.3) is 0 Å². The Morgan fingerprint density at radius 3 is 1.55 bits per heavy atom. The van der Waals surface area contributed by atoms with Crippen LogP contribution >= 0.6 is 0 Å². The van der Waals surface area contributed by atoms with Crippen molar-refractivity contribution in [3.63, 3.8) is 0 Å². The molecule has 55 heavy (non-hydrogen) atoms. The summed E-state index contributed by atoms with van der Waals surface area (Å²) in [5, 5.41) is 11.6. The number of carbonyl (C=O) groups excluding carboxylic acids is 3. The quantitative estimate of drug-likeness (QED) is 0.0271. The third-order valence-corrected chi connectivity index (χ3v) is 8.77. The van der Waals surface area contributed by atoms with Gasteiger partial charge in [-0.25, -0.2) is 0 Å². The molecule has 8 nitrogen and oxygen atoms in total. The lowest BCUT2D eigenvalue weighted by atomic mass is 10.1. The highest BCUT2D eigenvalue weighted by Gasteiger charge is 2.25. The number of aliphatic carboxylic acids is 1. The first kappa shape index (κ1) is 51.5. The van der Waals surface area contributed by atoms with E-state index in [1.165, 1.54) is 12.8 Å². The Morgan fingerprint density at radius 2 is 1.02 bits per heavy atom. The van der Waals surface area contributed by atoms with Crippen molar-refractivity contribution in [2.75, 3.05) is 41.0 Å². The van der Waals surface area contributed by atoms with Crippen LogP contribution in [0.15, 0.2) is 85.1 Å². The molecule has 0 radical (unpaired) electrons. The van der Waals surface area contributed by atoms with Gasteiger partial charge in [0.15, 0.2) is 6.10 Å². The van der Waals surface area contributed by atoms with Crippen LogP contribution in [-0.2, 0) is 28.6 Å². The number of ether oxygens (including phenoxy) is 3. The minimum atomic E-state index is -1.14. The average molecular weight is 768 g/mol. The molecular formula is C47H77NO7. The Kier molecular flexibility index (Phi) is 35.1. The fraction of sp³-hybridized carbons (Fsp3) is 0.638. The summed E-state index contributed by atoms with van der Waals surface area (Å²) in [6.07, 6.45) is 47.6. The normalized spacial score (nSPS) is 13.8. The van der Waals surface area contributed by atoms with Crippen molar-refractivity contribution in [3.05, 3.63) is 85.1 Å². The third kappa shape index (κ3) is 35.9. The molecule has 8 heteroatoms. The van der Waals surface area contributed by atoms with Crippen LogP contribution in [0.3, 0.4) is 0 Å². The second kappa shape index (κ2) is 37.4. The summed E-state index contributed by atoms with van der Waals surface area (Å²) in [7, 11) is 5.37. The molecule has 0 N–H and O–H groups in total. The van der Waals surface area contributed by atoms with Gasteiger partial charge < -0.3 is 28.6 Å². The Balaban J connectivity index is 4.42. The fourth-order valence-electron chi connectivity index (χ4n) is 5.46. The van der Waals surface area contributed by atoms with E-state index in [-0.39, 0.29) is 49.1 Å². The van der Waals surface area contributed by atoms with Crippen LogP contribution in [0.1, 0.15) is 142 Å². The van der Waals surface area contributed by atoms with Gasteiger partial charge in [-0.15, -0.1) is 0 Å². The molecule has 0 aromatic rings. The van der Waals surface area contributed by atoms with Crippen LogP contribution in [0.25, 0.3) is 0 Å². The van der Waals surface area contributed by atoms with Crippen LogP contribution in [0.2, 0.25) is 0 Å². The molecule has 0 aliphatic rings. The van der Waals surface area contributed by atoms with Crippen molar-refractivity contribution in [2.45, 2.75) is 154 Å². The highest BCUT2D eigenvalue weighted by molar-refractivity contribution is 5.70. The number of nitrogens with zero attached hydrogens (tertiary/aromatic N) is 1. The number of likely N-dealkylation sites (N-methyl/N-ethyl adjacent to an activating group) is 1. The van der Waals surface area contributed by atoms with E-state index in [1.807, 2.05) is 0 Å². The van der Waals surface area contributed by atoms with E-state index < -0.39 is 18.1 Å². The van der Waals surface area contributed by atoms with E-state index in [4.69, 9.17) is 14.2 Å².